The first-order chi connectivity index (χ1) is 9.84. The number of carbonyl (C=O) groups is 1. The Morgan fingerprint density at radius 2 is 2.25 bits per heavy atom. The second-order valence-electron chi connectivity index (χ2n) is 5.13. The van der Waals surface area contributed by atoms with Gasteiger partial charge in [-0.3, -0.25) is 4.79 Å². The van der Waals surface area contributed by atoms with Crippen molar-refractivity contribution in [3.8, 4) is 0 Å². The smallest absolute Gasteiger partial charge is 0.252 e. The zero-order chi connectivity index (χ0) is 13.8. The Morgan fingerprint density at radius 1 is 1.40 bits per heavy atom. The van der Waals surface area contributed by atoms with E-state index in [1.54, 1.807) is 0 Å². The number of hydrogen-bond donors (Lipinski definition) is 2. The fourth-order valence-corrected chi connectivity index (χ4v) is 3.42. The molecule has 1 aliphatic rings. The van der Waals surface area contributed by atoms with Gasteiger partial charge in [0.15, 0.2) is 5.82 Å². The summed E-state index contributed by atoms with van der Waals surface area (Å²) in [6.07, 6.45) is 5.88. The maximum atomic E-state index is 12.3. The van der Waals surface area contributed by atoms with Crippen molar-refractivity contribution in [3.05, 3.63) is 28.2 Å². The molecular weight excluding hydrogens is 274 g/mol. The minimum absolute atomic E-state index is 0.0633. The van der Waals surface area contributed by atoms with E-state index in [0.717, 1.165) is 12.8 Å². The molecule has 0 bridgehead atoms. The van der Waals surface area contributed by atoms with Crippen molar-refractivity contribution in [2.24, 2.45) is 5.92 Å². The standard InChI is InChI=1S/C13H17N5OS/c19-13(10-6-7-20-8-10)14-11(12-15-17-18-16-12)9-4-2-1-3-5-9/h6-9,11H,1-5H2,(H,14,19)(H,15,16,17,18)/t11-/m0/s1. The lowest BCUT2D eigenvalue weighted by atomic mass is 9.83. The second kappa shape index (κ2) is 6.13. The minimum Gasteiger partial charge on any atom is -0.342 e. The van der Waals surface area contributed by atoms with Crippen LogP contribution in [0.3, 0.4) is 0 Å². The molecule has 0 aliphatic heterocycles. The third kappa shape index (κ3) is 2.87. The summed E-state index contributed by atoms with van der Waals surface area (Å²) in [4.78, 5) is 12.3. The number of nitrogens with zero attached hydrogens (tertiary/aromatic N) is 3. The minimum atomic E-state index is -0.151. The highest BCUT2D eigenvalue weighted by molar-refractivity contribution is 7.08. The number of amides is 1. The van der Waals surface area contributed by atoms with Crippen LogP contribution >= 0.6 is 11.3 Å². The fraction of sp³-hybridized carbons (Fsp3) is 0.538. The second-order valence-corrected chi connectivity index (χ2v) is 5.91. The Balaban J connectivity index is 1.77. The molecule has 106 valence electrons. The number of hydrogen-bond acceptors (Lipinski definition) is 5. The molecule has 2 N–H and O–H groups in total. The summed E-state index contributed by atoms with van der Waals surface area (Å²) < 4.78 is 0. The van der Waals surface area contributed by atoms with Crippen molar-refractivity contribution in [3.63, 3.8) is 0 Å². The molecule has 2 heterocycles. The molecule has 2 aromatic rings. The molecule has 0 radical (unpaired) electrons. The van der Waals surface area contributed by atoms with E-state index in [-0.39, 0.29) is 11.9 Å². The van der Waals surface area contributed by atoms with Crippen molar-refractivity contribution in [1.29, 1.82) is 0 Å². The van der Waals surface area contributed by atoms with E-state index >= 15 is 0 Å². The van der Waals surface area contributed by atoms with E-state index in [1.165, 1.54) is 30.6 Å². The summed E-state index contributed by atoms with van der Waals surface area (Å²) in [6.45, 7) is 0. The molecule has 1 amide bonds. The van der Waals surface area contributed by atoms with E-state index in [9.17, 15) is 4.79 Å². The number of thiophene rings is 1. The Kier molecular flexibility index (Phi) is 4.05. The number of rotatable bonds is 4. The number of aromatic amines is 1. The third-order valence-electron chi connectivity index (χ3n) is 3.83. The molecule has 6 nitrogen and oxygen atoms in total. The topological polar surface area (TPSA) is 83.6 Å². The van der Waals surface area contributed by atoms with E-state index in [2.05, 4.69) is 25.9 Å². The maximum Gasteiger partial charge on any atom is 0.252 e. The summed E-state index contributed by atoms with van der Waals surface area (Å²) in [6, 6.07) is 1.68. The van der Waals surface area contributed by atoms with Crippen LogP contribution in [0, 0.1) is 5.92 Å². The SMILES string of the molecule is O=C(N[C@H](c1nn[nH]n1)C1CCCCC1)c1ccsc1. The van der Waals surface area contributed by atoms with Crippen LogP contribution < -0.4 is 5.32 Å². The number of carbonyl (C=O) groups excluding carboxylic acids is 1. The molecule has 3 rings (SSSR count). The zero-order valence-electron chi connectivity index (χ0n) is 11.1. The van der Waals surface area contributed by atoms with Crippen LogP contribution in [0.1, 0.15) is 54.3 Å². The number of nitrogens with one attached hydrogen (secondary N) is 2. The molecule has 0 spiro atoms. The van der Waals surface area contributed by atoms with Gasteiger partial charge in [0, 0.05) is 5.38 Å². The Bertz CT molecular complexity index is 533. The van der Waals surface area contributed by atoms with Gasteiger partial charge < -0.3 is 5.32 Å². The van der Waals surface area contributed by atoms with Crippen molar-refractivity contribution >= 4 is 17.2 Å². The lowest BCUT2D eigenvalue weighted by Crippen LogP contribution is -2.35. The van der Waals surface area contributed by atoms with Gasteiger partial charge in [-0.05, 0) is 30.2 Å². The molecule has 20 heavy (non-hydrogen) atoms. The van der Waals surface area contributed by atoms with Crippen LogP contribution in [-0.4, -0.2) is 26.5 Å². The first-order valence-electron chi connectivity index (χ1n) is 6.91. The van der Waals surface area contributed by atoms with Crippen LogP contribution in [0.25, 0.3) is 0 Å². The summed E-state index contributed by atoms with van der Waals surface area (Å²) >= 11 is 1.52. The van der Waals surface area contributed by atoms with Crippen molar-refractivity contribution in [1.82, 2.24) is 25.9 Å². The van der Waals surface area contributed by atoms with E-state index < -0.39 is 0 Å². The largest absolute Gasteiger partial charge is 0.342 e. The van der Waals surface area contributed by atoms with Gasteiger partial charge in [-0.25, -0.2) is 0 Å². The molecule has 0 unspecified atom stereocenters. The van der Waals surface area contributed by atoms with Gasteiger partial charge in [-0.1, -0.05) is 24.5 Å². The average molecular weight is 291 g/mol. The summed E-state index contributed by atoms with van der Waals surface area (Å²) in [5.74, 6) is 0.913. The predicted octanol–water partition coefficient (Wildman–Crippen LogP) is 2.31. The first-order valence-corrected chi connectivity index (χ1v) is 7.85. The average Bonchev–Trinajstić information content (AvgIpc) is 3.18. The highest BCUT2D eigenvalue weighted by Crippen LogP contribution is 2.33. The zero-order valence-corrected chi connectivity index (χ0v) is 11.9. The van der Waals surface area contributed by atoms with Gasteiger partial charge in [0.2, 0.25) is 0 Å². The lowest BCUT2D eigenvalue weighted by molar-refractivity contribution is 0.0909. The van der Waals surface area contributed by atoms with Crippen molar-refractivity contribution < 1.29 is 4.79 Å². The molecular formula is C13H17N5OS. The van der Waals surface area contributed by atoms with E-state index in [0.29, 0.717) is 17.3 Å². The quantitative estimate of drug-likeness (QED) is 0.905. The van der Waals surface area contributed by atoms with Gasteiger partial charge in [0.1, 0.15) is 0 Å². The highest BCUT2D eigenvalue weighted by Gasteiger charge is 2.29. The molecule has 0 saturated heterocycles. The summed E-state index contributed by atoms with van der Waals surface area (Å²) in [5, 5.41) is 21.1. The van der Waals surface area contributed by atoms with Gasteiger partial charge >= 0.3 is 0 Å². The molecule has 1 saturated carbocycles. The third-order valence-corrected chi connectivity index (χ3v) is 4.51. The van der Waals surface area contributed by atoms with Crippen LogP contribution in [0.5, 0.6) is 0 Å². The molecule has 1 atom stereocenters. The van der Waals surface area contributed by atoms with Crippen molar-refractivity contribution in [2.45, 2.75) is 38.1 Å². The van der Waals surface area contributed by atoms with Crippen LogP contribution in [0.4, 0.5) is 0 Å². The van der Waals surface area contributed by atoms with Gasteiger partial charge in [0.05, 0.1) is 11.6 Å². The summed E-state index contributed by atoms with van der Waals surface area (Å²) in [5.41, 5.74) is 0.694. The fourth-order valence-electron chi connectivity index (χ4n) is 2.78. The van der Waals surface area contributed by atoms with Gasteiger partial charge in [-0.15, -0.1) is 10.2 Å². The van der Waals surface area contributed by atoms with E-state index in [4.69, 9.17) is 0 Å². The van der Waals surface area contributed by atoms with Crippen molar-refractivity contribution in [2.75, 3.05) is 0 Å². The number of aromatic nitrogens is 4. The maximum absolute atomic E-state index is 12.3. The predicted molar refractivity (Wildman–Crippen MR) is 75.3 cm³/mol. The molecule has 2 aromatic heterocycles. The van der Waals surface area contributed by atoms with Crippen LogP contribution in [0.2, 0.25) is 0 Å². The van der Waals surface area contributed by atoms with Crippen LogP contribution in [-0.2, 0) is 0 Å². The Labute approximate surface area is 121 Å². The van der Waals surface area contributed by atoms with Crippen LogP contribution in [0.15, 0.2) is 16.8 Å². The monoisotopic (exact) mass is 291 g/mol. The molecule has 0 aromatic carbocycles. The Hall–Kier alpha value is -1.76. The normalized spacial score (nSPS) is 17.8. The first kappa shape index (κ1) is 13.2. The van der Waals surface area contributed by atoms with Gasteiger partial charge in [0.25, 0.3) is 5.91 Å². The molecule has 1 fully saturated rings. The molecule has 1 aliphatic carbocycles. The molecule has 7 heteroatoms. The number of H-pyrrole nitrogens is 1. The van der Waals surface area contributed by atoms with E-state index in [1.807, 2.05) is 16.8 Å². The Morgan fingerprint density at radius 3 is 2.90 bits per heavy atom. The van der Waals surface area contributed by atoms with Gasteiger partial charge in [-0.2, -0.15) is 16.6 Å². The number of tetrazole rings is 1. The lowest BCUT2D eigenvalue weighted by Gasteiger charge is -2.28. The summed E-state index contributed by atoms with van der Waals surface area (Å²) in [7, 11) is 0. The highest BCUT2D eigenvalue weighted by atomic mass is 32.1.